The highest BCUT2D eigenvalue weighted by atomic mass is 127. The van der Waals surface area contributed by atoms with Gasteiger partial charge in [0, 0.05) is 39.4 Å². The molecule has 0 spiro atoms. The Morgan fingerprint density at radius 1 is 1.28 bits per heavy atom. The normalized spacial score (nSPS) is 14.2. The third-order valence-corrected chi connectivity index (χ3v) is 4.81. The molecule has 1 aliphatic rings. The number of amides is 2. The molecule has 174 valence electrons. The Hall–Kier alpha value is -2.70. The van der Waals surface area contributed by atoms with E-state index in [0.29, 0.717) is 44.2 Å². The van der Waals surface area contributed by atoms with Gasteiger partial charge in [0.15, 0.2) is 5.96 Å². The summed E-state index contributed by atoms with van der Waals surface area (Å²) in [6.07, 6.45) is 3.62. The molecule has 3 rings (SSSR count). The van der Waals surface area contributed by atoms with E-state index in [0.717, 1.165) is 5.69 Å². The van der Waals surface area contributed by atoms with Crippen molar-refractivity contribution in [1.82, 2.24) is 25.3 Å². The fourth-order valence-corrected chi connectivity index (χ4v) is 3.35. The number of aryl methyl sites for hydroxylation is 1. The minimum absolute atomic E-state index is 0. The molecule has 0 radical (unpaired) electrons. The number of carbonyl (C=O) groups is 2. The Morgan fingerprint density at radius 3 is 2.75 bits per heavy atom. The van der Waals surface area contributed by atoms with Crippen molar-refractivity contribution in [2.24, 2.45) is 12.0 Å². The van der Waals surface area contributed by atoms with Gasteiger partial charge >= 0.3 is 0 Å². The second-order valence-electron chi connectivity index (χ2n) is 7.23. The van der Waals surface area contributed by atoms with Gasteiger partial charge in [0.05, 0.1) is 24.8 Å². The lowest BCUT2D eigenvalue weighted by Crippen LogP contribution is -2.55. The van der Waals surface area contributed by atoms with Crippen molar-refractivity contribution in [3.63, 3.8) is 0 Å². The average Bonchev–Trinajstić information content (AvgIpc) is 3.16. The molecule has 2 amide bonds. The molecule has 0 unspecified atom stereocenters. The molecule has 1 aromatic carbocycles. The van der Waals surface area contributed by atoms with Crippen LogP contribution in [0.2, 0.25) is 0 Å². The Morgan fingerprint density at radius 2 is 2.09 bits per heavy atom. The van der Waals surface area contributed by atoms with Crippen LogP contribution in [0.1, 0.15) is 12.5 Å². The van der Waals surface area contributed by atoms with Crippen molar-refractivity contribution in [3.05, 3.63) is 48.0 Å². The SMILES string of the molecule is CCNC(=NCCNC(=O)Cc1cccc(F)c1)N1CCN(c2cnn(C)c2)C(=O)C1.I. The number of nitrogens with zero attached hydrogens (tertiary/aromatic N) is 5. The molecule has 2 N–H and O–H groups in total. The third kappa shape index (κ3) is 7.18. The van der Waals surface area contributed by atoms with Crippen molar-refractivity contribution in [3.8, 4) is 0 Å². The first-order valence-electron chi connectivity index (χ1n) is 10.3. The third-order valence-electron chi connectivity index (χ3n) is 4.81. The molecular formula is C21H29FIN7O2. The van der Waals surface area contributed by atoms with Gasteiger partial charge in [-0.3, -0.25) is 19.3 Å². The number of aromatic nitrogens is 2. The largest absolute Gasteiger partial charge is 0.357 e. The number of anilines is 1. The van der Waals surface area contributed by atoms with E-state index in [4.69, 9.17) is 0 Å². The number of hydrogen-bond donors (Lipinski definition) is 2. The maximum atomic E-state index is 13.2. The molecule has 9 nitrogen and oxygen atoms in total. The van der Waals surface area contributed by atoms with E-state index in [1.165, 1.54) is 12.1 Å². The molecule has 1 aromatic heterocycles. The quantitative estimate of drug-likeness (QED) is 0.231. The molecule has 32 heavy (non-hydrogen) atoms. The van der Waals surface area contributed by atoms with Crippen LogP contribution in [0.5, 0.6) is 0 Å². The van der Waals surface area contributed by atoms with Gasteiger partial charge in [-0.05, 0) is 24.6 Å². The van der Waals surface area contributed by atoms with E-state index in [9.17, 15) is 14.0 Å². The van der Waals surface area contributed by atoms with Crippen molar-refractivity contribution in [2.45, 2.75) is 13.3 Å². The van der Waals surface area contributed by atoms with Crippen molar-refractivity contribution < 1.29 is 14.0 Å². The summed E-state index contributed by atoms with van der Waals surface area (Å²) in [5, 5.41) is 10.1. The Labute approximate surface area is 204 Å². The van der Waals surface area contributed by atoms with Crippen LogP contribution < -0.4 is 15.5 Å². The van der Waals surface area contributed by atoms with E-state index >= 15 is 0 Å². The maximum Gasteiger partial charge on any atom is 0.246 e. The highest BCUT2D eigenvalue weighted by Gasteiger charge is 2.27. The summed E-state index contributed by atoms with van der Waals surface area (Å²) in [4.78, 5) is 32.8. The van der Waals surface area contributed by atoms with E-state index < -0.39 is 0 Å². The zero-order valence-corrected chi connectivity index (χ0v) is 20.6. The molecule has 1 saturated heterocycles. The van der Waals surface area contributed by atoms with E-state index in [1.54, 1.807) is 27.9 Å². The second kappa shape index (κ2) is 12.4. The molecule has 0 atom stereocenters. The number of piperazine rings is 1. The van der Waals surface area contributed by atoms with Crippen LogP contribution in [0.3, 0.4) is 0 Å². The summed E-state index contributed by atoms with van der Waals surface area (Å²) in [7, 11) is 1.82. The molecule has 1 fully saturated rings. The molecule has 1 aliphatic heterocycles. The van der Waals surface area contributed by atoms with Gasteiger partial charge in [-0.15, -0.1) is 24.0 Å². The van der Waals surface area contributed by atoms with Crippen molar-refractivity contribution >= 4 is 47.4 Å². The van der Waals surface area contributed by atoms with E-state index in [1.807, 2.05) is 25.1 Å². The lowest BCUT2D eigenvalue weighted by molar-refractivity contribution is -0.121. The minimum Gasteiger partial charge on any atom is -0.357 e. The standard InChI is InChI=1S/C21H28FN7O2.HI/c1-3-23-21(25-8-7-24-19(30)12-16-5-4-6-17(22)11-16)28-9-10-29(20(31)15-28)18-13-26-27(2)14-18;/h4-6,11,13-14H,3,7-10,12,15H2,1-2H3,(H,23,25)(H,24,30);1H. The fourth-order valence-electron chi connectivity index (χ4n) is 3.35. The van der Waals surface area contributed by atoms with Gasteiger partial charge in [-0.25, -0.2) is 4.39 Å². The van der Waals surface area contributed by atoms with E-state index in [-0.39, 0.29) is 54.6 Å². The topological polar surface area (TPSA) is 94.9 Å². The molecule has 0 aliphatic carbocycles. The molecule has 2 aromatic rings. The van der Waals surface area contributed by atoms with Gasteiger partial charge in [-0.1, -0.05) is 12.1 Å². The van der Waals surface area contributed by atoms with Crippen molar-refractivity contribution in [1.29, 1.82) is 0 Å². The predicted octanol–water partition coefficient (Wildman–Crippen LogP) is 1.15. The minimum atomic E-state index is -0.358. The van der Waals surface area contributed by atoms with Crippen LogP contribution >= 0.6 is 24.0 Å². The smallest absolute Gasteiger partial charge is 0.246 e. The summed E-state index contributed by atoms with van der Waals surface area (Å²) < 4.78 is 14.9. The van der Waals surface area contributed by atoms with Crippen LogP contribution in [-0.4, -0.2) is 71.7 Å². The number of nitrogens with one attached hydrogen (secondary N) is 2. The van der Waals surface area contributed by atoms with Gasteiger partial charge in [-0.2, -0.15) is 5.10 Å². The molecule has 0 saturated carbocycles. The summed E-state index contributed by atoms with van der Waals surface area (Å²) in [5.41, 5.74) is 1.41. The zero-order valence-electron chi connectivity index (χ0n) is 18.3. The van der Waals surface area contributed by atoms with Gasteiger partial charge in [0.25, 0.3) is 0 Å². The van der Waals surface area contributed by atoms with Gasteiger partial charge in [0.2, 0.25) is 11.8 Å². The van der Waals surface area contributed by atoms with Crippen molar-refractivity contribution in [2.75, 3.05) is 44.2 Å². The second-order valence-corrected chi connectivity index (χ2v) is 7.23. The number of guanidine groups is 1. The summed E-state index contributed by atoms with van der Waals surface area (Å²) >= 11 is 0. The molecule has 0 bridgehead atoms. The number of aliphatic imine (C=N–C) groups is 1. The fraction of sp³-hybridized carbons (Fsp3) is 0.429. The summed E-state index contributed by atoms with van der Waals surface area (Å²) in [6.45, 7) is 4.75. The lowest BCUT2D eigenvalue weighted by atomic mass is 10.1. The Bertz CT molecular complexity index is 950. The number of hydrogen-bond acceptors (Lipinski definition) is 4. The van der Waals surface area contributed by atoms with Crippen LogP contribution in [0.4, 0.5) is 10.1 Å². The number of rotatable bonds is 7. The monoisotopic (exact) mass is 557 g/mol. The number of carbonyl (C=O) groups excluding carboxylic acids is 2. The summed E-state index contributed by atoms with van der Waals surface area (Å²) in [5.74, 6) is 0.0729. The predicted molar refractivity (Wildman–Crippen MR) is 132 cm³/mol. The zero-order chi connectivity index (χ0) is 22.2. The van der Waals surface area contributed by atoms with Crippen LogP contribution in [0, 0.1) is 5.82 Å². The molecular weight excluding hydrogens is 528 g/mol. The lowest BCUT2D eigenvalue weighted by Gasteiger charge is -2.35. The van der Waals surface area contributed by atoms with Crippen LogP contribution in [0.25, 0.3) is 0 Å². The van der Waals surface area contributed by atoms with E-state index in [2.05, 4.69) is 20.7 Å². The molecule has 2 heterocycles. The maximum absolute atomic E-state index is 13.2. The number of halogens is 2. The first-order valence-corrected chi connectivity index (χ1v) is 10.3. The van der Waals surface area contributed by atoms with Crippen LogP contribution in [-0.2, 0) is 23.1 Å². The highest BCUT2D eigenvalue weighted by molar-refractivity contribution is 14.0. The first kappa shape index (κ1) is 25.6. The summed E-state index contributed by atoms with van der Waals surface area (Å²) in [6, 6.07) is 6.00. The van der Waals surface area contributed by atoms with Gasteiger partial charge < -0.3 is 20.4 Å². The van der Waals surface area contributed by atoms with Crippen LogP contribution in [0.15, 0.2) is 41.7 Å². The Balaban J connectivity index is 0.00000363. The average molecular weight is 557 g/mol. The van der Waals surface area contributed by atoms with Gasteiger partial charge in [0.1, 0.15) is 12.4 Å². The number of benzene rings is 1. The highest BCUT2D eigenvalue weighted by Crippen LogP contribution is 2.16. The molecule has 11 heteroatoms. The first-order chi connectivity index (χ1) is 15.0. The Kier molecular flexibility index (Phi) is 9.88.